The van der Waals surface area contributed by atoms with Gasteiger partial charge in [0.15, 0.2) is 0 Å². The minimum Gasteiger partial charge on any atom is -0.384 e. The van der Waals surface area contributed by atoms with Crippen molar-refractivity contribution in [3.63, 3.8) is 0 Å². The van der Waals surface area contributed by atoms with Crippen LogP contribution in [-0.2, 0) is 6.18 Å². The number of rotatable bonds is 2. The van der Waals surface area contributed by atoms with Gasteiger partial charge in [0.25, 0.3) is 0 Å². The highest BCUT2D eigenvalue weighted by molar-refractivity contribution is 9.10. The lowest BCUT2D eigenvalue weighted by atomic mass is 9.98. The Morgan fingerprint density at radius 2 is 1.84 bits per heavy atom. The van der Waals surface area contributed by atoms with Crippen LogP contribution in [0.3, 0.4) is 0 Å². The first-order valence-corrected chi connectivity index (χ1v) is 6.80. The molecule has 1 nitrogen and oxygen atoms in total. The fourth-order valence-corrected chi connectivity index (χ4v) is 3.20. The van der Waals surface area contributed by atoms with Gasteiger partial charge < -0.3 is 5.11 Å². The monoisotopic (exact) mass is 354 g/mol. The Hall–Kier alpha value is -0.920. The van der Waals surface area contributed by atoms with Gasteiger partial charge in [0, 0.05) is 15.4 Å². The maximum atomic E-state index is 13.0. The lowest BCUT2D eigenvalue weighted by molar-refractivity contribution is -0.139. The van der Waals surface area contributed by atoms with E-state index >= 15 is 0 Å². The van der Waals surface area contributed by atoms with Crippen molar-refractivity contribution < 1.29 is 22.7 Å². The second kappa shape index (κ2) is 5.22. The molecule has 7 heteroatoms. The molecule has 2 rings (SSSR count). The van der Waals surface area contributed by atoms with E-state index in [4.69, 9.17) is 0 Å². The third kappa shape index (κ3) is 2.98. The first kappa shape index (κ1) is 14.5. The zero-order valence-electron chi connectivity index (χ0n) is 9.21. The van der Waals surface area contributed by atoms with Gasteiger partial charge in [-0.05, 0) is 39.0 Å². The minimum absolute atomic E-state index is 0.321. The summed E-state index contributed by atoms with van der Waals surface area (Å²) < 4.78 is 52.0. The molecule has 0 aliphatic carbocycles. The van der Waals surface area contributed by atoms with Gasteiger partial charge >= 0.3 is 6.18 Å². The second-order valence-corrected chi connectivity index (χ2v) is 5.40. The van der Waals surface area contributed by atoms with E-state index in [9.17, 15) is 22.7 Å². The number of aliphatic hydroxyl groups is 1. The summed E-state index contributed by atoms with van der Waals surface area (Å²) in [6.07, 6.45) is -6.18. The molecule has 0 amide bonds. The Morgan fingerprint density at radius 1 is 1.16 bits per heavy atom. The fraction of sp³-hybridized carbons (Fsp3) is 0.167. The number of hydrogen-bond acceptors (Lipinski definition) is 2. The molecule has 1 heterocycles. The maximum absolute atomic E-state index is 13.0. The Balaban J connectivity index is 2.54. The highest BCUT2D eigenvalue weighted by Gasteiger charge is 2.36. The van der Waals surface area contributed by atoms with Crippen LogP contribution in [0.5, 0.6) is 0 Å². The predicted octanol–water partition coefficient (Wildman–Crippen LogP) is 4.75. The quantitative estimate of drug-likeness (QED) is 0.771. The highest BCUT2D eigenvalue weighted by atomic mass is 79.9. The van der Waals surface area contributed by atoms with Crippen LogP contribution in [0.25, 0.3) is 0 Å². The summed E-state index contributed by atoms with van der Waals surface area (Å²) in [5.41, 5.74) is -1.21. The topological polar surface area (TPSA) is 20.2 Å². The molecular weight excluding hydrogens is 348 g/mol. The smallest absolute Gasteiger partial charge is 0.384 e. The van der Waals surface area contributed by atoms with Crippen molar-refractivity contribution in [2.24, 2.45) is 0 Å². The predicted molar refractivity (Wildman–Crippen MR) is 67.5 cm³/mol. The SMILES string of the molecule is OC(c1cscc1Br)c1ccc(F)cc1C(F)(F)F. The fourth-order valence-electron chi connectivity index (χ4n) is 1.67. The molecule has 0 fully saturated rings. The van der Waals surface area contributed by atoms with Gasteiger partial charge in [-0.2, -0.15) is 24.5 Å². The zero-order chi connectivity index (χ0) is 14.2. The standard InChI is InChI=1S/C12H7BrF4OS/c13-10-5-19-4-8(10)11(18)7-2-1-6(14)3-9(7)12(15,16)17/h1-5,11,18H. The van der Waals surface area contributed by atoms with E-state index in [2.05, 4.69) is 15.9 Å². The van der Waals surface area contributed by atoms with Gasteiger partial charge in [-0.1, -0.05) is 6.07 Å². The van der Waals surface area contributed by atoms with Gasteiger partial charge in [-0.25, -0.2) is 4.39 Å². The number of thiophene rings is 1. The third-order valence-corrected chi connectivity index (χ3v) is 4.30. The maximum Gasteiger partial charge on any atom is 0.416 e. The molecule has 102 valence electrons. The molecule has 0 bridgehead atoms. The Bertz CT molecular complexity index is 594. The molecule has 2 aromatic rings. The number of halogens is 5. The van der Waals surface area contributed by atoms with Crippen molar-refractivity contribution in [2.45, 2.75) is 12.3 Å². The van der Waals surface area contributed by atoms with E-state index in [1.807, 2.05) is 0 Å². The van der Waals surface area contributed by atoms with E-state index in [-0.39, 0.29) is 5.56 Å². The summed E-state index contributed by atoms with van der Waals surface area (Å²) in [6.45, 7) is 0. The van der Waals surface area contributed by atoms with Crippen molar-refractivity contribution in [1.82, 2.24) is 0 Å². The van der Waals surface area contributed by atoms with Gasteiger partial charge in [-0.15, -0.1) is 0 Å². The normalized spacial score (nSPS) is 13.6. The van der Waals surface area contributed by atoms with Crippen molar-refractivity contribution in [1.29, 1.82) is 0 Å². The van der Waals surface area contributed by atoms with Gasteiger partial charge in [0.05, 0.1) is 5.56 Å². The summed E-state index contributed by atoms with van der Waals surface area (Å²) >= 11 is 4.39. The van der Waals surface area contributed by atoms with Crippen molar-refractivity contribution >= 4 is 27.3 Å². The first-order valence-electron chi connectivity index (χ1n) is 5.07. The van der Waals surface area contributed by atoms with E-state index in [1.165, 1.54) is 16.7 Å². The van der Waals surface area contributed by atoms with Crippen LogP contribution in [0.4, 0.5) is 17.6 Å². The van der Waals surface area contributed by atoms with Crippen LogP contribution in [0.2, 0.25) is 0 Å². The molecule has 19 heavy (non-hydrogen) atoms. The van der Waals surface area contributed by atoms with E-state index in [1.54, 1.807) is 5.38 Å². The minimum atomic E-state index is -4.72. The van der Waals surface area contributed by atoms with Gasteiger partial charge in [0.1, 0.15) is 11.9 Å². The van der Waals surface area contributed by atoms with E-state index < -0.39 is 23.7 Å². The molecule has 1 N–H and O–H groups in total. The van der Waals surface area contributed by atoms with Gasteiger partial charge in [0.2, 0.25) is 0 Å². The average molecular weight is 355 g/mol. The first-order chi connectivity index (χ1) is 8.80. The largest absolute Gasteiger partial charge is 0.416 e. The molecule has 1 atom stereocenters. The molecule has 1 aromatic heterocycles. The van der Waals surface area contributed by atoms with Crippen molar-refractivity contribution in [2.75, 3.05) is 0 Å². The molecular formula is C12H7BrF4OS. The Labute approximate surface area is 118 Å². The average Bonchev–Trinajstić information content (AvgIpc) is 2.73. The molecule has 0 saturated heterocycles. The van der Waals surface area contributed by atoms with Crippen LogP contribution >= 0.6 is 27.3 Å². The molecule has 1 unspecified atom stereocenters. The molecule has 0 saturated carbocycles. The van der Waals surface area contributed by atoms with E-state index in [0.717, 1.165) is 12.1 Å². The summed E-state index contributed by atoms with van der Waals surface area (Å²) in [5.74, 6) is -0.993. The van der Waals surface area contributed by atoms with Crippen molar-refractivity contribution in [3.05, 3.63) is 55.9 Å². The van der Waals surface area contributed by atoms with Crippen LogP contribution in [0.1, 0.15) is 22.8 Å². The molecule has 0 aliphatic rings. The molecule has 0 spiro atoms. The summed E-state index contributed by atoms with van der Waals surface area (Å²) in [7, 11) is 0. The molecule has 0 radical (unpaired) electrons. The number of aliphatic hydroxyl groups excluding tert-OH is 1. The number of benzene rings is 1. The van der Waals surface area contributed by atoms with Crippen molar-refractivity contribution in [3.8, 4) is 0 Å². The Kier molecular flexibility index (Phi) is 3.98. The van der Waals surface area contributed by atoms with Gasteiger partial charge in [-0.3, -0.25) is 0 Å². The lowest BCUT2D eigenvalue weighted by Gasteiger charge is -2.17. The van der Waals surface area contributed by atoms with E-state index in [0.29, 0.717) is 16.1 Å². The summed E-state index contributed by atoms with van der Waals surface area (Å²) in [5, 5.41) is 13.2. The summed E-state index contributed by atoms with van der Waals surface area (Å²) in [6, 6.07) is 2.24. The zero-order valence-corrected chi connectivity index (χ0v) is 11.6. The third-order valence-electron chi connectivity index (χ3n) is 2.55. The van der Waals surface area contributed by atoms with Crippen LogP contribution in [-0.4, -0.2) is 5.11 Å². The van der Waals surface area contributed by atoms with Crippen LogP contribution in [0.15, 0.2) is 33.4 Å². The number of alkyl halides is 3. The Morgan fingerprint density at radius 3 is 2.37 bits per heavy atom. The summed E-state index contributed by atoms with van der Waals surface area (Å²) in [4.78, 5) is 0. The highest BCUT2D eigenvalue weighted by Crippen LogP contribution is 2.39. The lowest BCUT2D eigenvalue weighted by Crippen LogP contribution is -2.13. The second-order valence-electron chi connectivity index (χ2n) is 3.81. The molecule has 1 aromatic carbocycles. The van der Waals surface area contributed by atoms with Crippen LogP contribution < -0.4 is 0 Å². The van der Waals surface area contributed by atoms with Crippen LogP contribution in [0, 0.1) is 5.82 Å². The number of hydrogen-bond donors (Lipinski definition) is 1. The molecule has 0 aliphatic heterocycles.